The highest BCUT2D eigenvalue weighted by molar-refractivity contribution is 5.86. The molecular weight excluding hydrogens is 408 g/mol. The number of esters is 1. The molecule has 1 aliphatic carbocycles. The summed E-state index contributed by atoms with van der Waals surface area (Å²) in [7, 11) is 0. The normalized spacial score (nSPS) is 17.1. The molecule has 2 unspecified atom stereocenters. The van der Waals surface area contributed by atoms with Crippen molar-refractivity contribution in [2.75, 3.05) is 13.2 Å². The van der Waals surface area contributed by atoms with Gasteiger partial charge < -0.3 is 20.5 Å². The molecule has 0 bridgehead atoms. The summed E-state index contributed by atoms with van der Waals surface area (Å²) in [4.78, 5) is 37.7. The lowest BCUT2D eigenvalue weighted by atomic mass is 9.86. The van der Waals surface area contributed by atoms with Crippen molar-refractivity contribution in [1.82, 2.24) is 10.6 Å². The van der Waals surface area contributed by atoms with Crippen LogP contribution >= 0.6 is 0 Å². The molecule has 1 saturated carbocycles. The second-order valence-electron chi connectivity index (χ2n) is 9.91. The van der Waals surface area contributed by atoms with E-state index < -0.39 is 17.5 Å². The Morgan fingerprint density at radius 2 is 1.81 bits per heavy atom. The summed E-state index contributed by atoms with van der Waals surface area (Å²) in [6.07, 6.45) is 8.92. The molecule has 7 nitrogen and oxygen atoms in total. The number of aliphatic hydroxyl groups is 1. The first-order valence-electron chi connectivity index (χ1n) is 11.7. The fourth-order valence-electron chi connectivity index (χ4n) is 3.87. The lowest BCUT2D eigenvalue weighted by Gasteiger charge is -2.32. The molecule has 32 heavy (non-hydrogen) atoms. The van der Waals surface area contributed by atoms with Gasteiger partial charge in [0, 0.05) is 12.8 Å². The minimum absolute atomic E-state index is 0.0117. The summed E-state index contributed by atoms with van der Waals surface area (Å²) in [5, 5.41) is 15.7. The van der Waals surface area contributed by atoms with Crippen molar-refractivity contribution in [3.63, 3.8) is 0 Å². The van der Waals surface area contributed by atoms with Crippen LogP contribution in [0, 0.1) is 11.3 Å². The Hall–Kier alpha value is -2.15. The number of aliphatic hydroxyl groups excluding tert-OH is 1. The van der Waals surface area contributed by atoms with Crippen molar-refractivity contribution >= 4 is 17.8 Å². The molecule has 0 aromatic carbocycles. The molecule has 1 aliphatic rings. The molecule has 182 valence electrons. The zero-order chi connectivity index (χ0) is 24.2. The number of carbonyl (C=O) groups is 3. The van der Waals surface area contributed by atoms with Crippen LogP contribution in [0.5, 0.6) is 0 Å². The van der Waals surface area contributed by atoms with Gasteiger partial charge in [0.1, 0.15) is 6.61 Å². The van der Waals surface area contributed by atoms with Gasteiger partial charge in [-0.15, -0.1) is 13.2 Å². The minimum Gasteiger partial charge on any atom is -0.463 e. The molecule has 0 aromatic heterocycles. The first kappa shape index (κ1) is 27.9. The zero-order valence-electron chi connectivity index (χ0n) is 20.1. The van der Waals surface area contributed by atoms with E-state index in [4.69, 9.17) is 4.74 Å². The number of carbonyl (C=O) groups excluding carboxylic acids is 3. The monoisotopic (exact) mass is 450 g/mol. The van der Waals surface area contributed by atoms with Crippen LogP contribution < -0.4 is 10.6 Å². The Bertz CT molecular complexity index is 647. The van der Waals surface area contributed by atoms with Gasteiger partial charge in [-0.25, -0.2) is 0 Å². The largest absolute Gasteiger partial charge is 0.463 e. The Balaban J connectivity index is 2.72. The number of rotatable bonds is 14. The van der Waals surface area contributed by atoms with E-state index in [0.717, 1.165) is 32.1 Å². The van der Waals surface area contributed by atoms with E-state index >= 15 is 0 Å². The van der Waals surface area contributed by atoms with Crippen LogP contribution in [0.2, 0.25) is 0 Å². The summed E-state index contributed by atoms with van der Waals surface area (Å²) in [6, 6.07) is -0.396. The van der Waals surface area contributed by atoms with Gasteiger partial charge in [-0.1, -0.05) is 45.8 Å². The molecular formula is C25H42N2O5. The van der Waals surface area contributed by atoms with Gasteiger partial charge in [0.05, 0.1) is 24.1 Å². The smallest absolute Gasteiger partial charge is 0.305 e. The molecule has 0 heterocycles. The number of allylic oxidation sites excluding steroid dienone is 2. The van der Waals surface area contributed by atoms with E-state index in [-0.39, 0.29) is 42.8 Å². The number of amides is 2. The summed E-state index contributed by atoms with van der Waals surface area (Å²) in [5.41, 5.74) is -0.914. The maximum atomic E-state index is 13.0. The third-order valence-corrected chi connectivity index (χ3v) is 6.08. The van der Waals surface area contributed by atoms with Gasteiger partial charge in [0.2, 0.25) is 11.8 Å². The molecule has 0 saturated heterocycles. The van der Waals surface area contributed by atoms with Gasteiger partial charge in [-0.3, -0.25) is 14.4 Å². The van der Waals surface area contributed by atoms with Gasteiger partial charge in [0.25, 0.3) is 0 Å². The van der Waals surface area contributed by atoms with Crippen LogP contribution in [0.3, 0.4) is 0 Å². The zero-order valence-corrected chi connectivity index (χ0v) is 20.1. The number of ether oxygens (including phenoxy) is 1. The lowest BCUT2D eigenvalue weighted by Crippen LogP contribution is -2.51. The average molecular weight is 451 g/mol. The fraction of sp³-hybridized carbons (Fsp3) is 0.720. The van der Waals surface area contributed by atoms with Crippen molar-refractivity contribution in [3.8, 4) is 0 Å². The molecule has 3 N–H and O–H groups in total. The predicted molar refractivity (Wildman–Crippen MR) is 126 cm³/mol. The molecule has 2 atom stereocenters. The Morgan fingerprint density at radius 3 is 2.34 bits per heavy atom. The molecule has 2 amide bonds. The topological polar surface area (TPSA) is 105 Å². The third-order valence-electron chi connectivity index (χ3n) is 6.08. The first-order valence-corrected chi connectivity index (χ1v) is 11.7. The second kappa shape index (κ2) is 13.4. The fourth-order valence-corrected chi connectivity index (χ4v) is 3.87. The number of hydrogen-bond donors (Lipinski definition) is 3. The molecule has 0 aromatic rings. The summed E-state index contributed by atoms with van der Waals surface area (Å²) < 4.78 is 5.40. The number of nitrogens with one attached hydrogen (secondary N) is 2. The molecule has 0 spiro atoms. The van der Waals surface area contributed by atoms with E-state index in [9.17, 15) is 19.5 Å². The van der Waals surface area contributed by atoms with Crippen molar-refractivity contribution in [2.45, 2.75) is 90.1 Å². The highest BCUT2D eigenvalue weighted by Crippen LogP contribution is 2.29. The molecule has 0 radical (unpaired) electrons. The highest BCUT2D eigenvalue weighted by Gasteiger charge is 2.36. The number of hydrogen-bond acceptors (Lipinski definition) is 5. The van der Waals surface area contributed by atoms with Crippen LogP contribution in [0.25, 0.3) is 0 Å². The van der Waals surface area contributed by atoms with Crippen molar-refractivity contribution in [2.24, 2.45) is 11.3 Å². The predicted octanol–water partition coefficient (Wildman–Crippen LogP) is 3.42. The van der Waals surface area contributed by atoms with E-state index in [1.54, 1.807) is 12.2 Å². The summed E-state index contributed by atoms with van der Waals surface area (Å²) >= 11 is 0. The van der Waals surface area contributed by atoms with E-state index in [1.165, 1.54) is 0 Å². The molecule has 1 rings (SSSR count). The lowest BCUT2D eigenvalue weighted by molar-refractivity contribution is -0.146. The summed E-state index contributed by atoms with van der Waals surface area (Å²) in [6.45, 7) is 13.2. The Kier molecular flexibility index (Phi) is 11.7. The van der Waals surface area contributed by atoms with Gasteiger partial charge in [-0.2, -0.15) is 0 Å². The van der Waals surface area contributed by atoms with Crippen molar-refractivity contribution in [3.05, 3.63) is 25.3 Å². The quantitative estimate of drug-likeness (QED) is 0.214. The maximum Gasteiger partial charge on any atom is 0.305 e. The molecule has 1 fully saturated rings. The van der Waals surface area contributed by atoms with Crippen LogP contribution in [0.4, 0.5) is 0 Å². The first-order chi connectivity index (χ1) is 15.1. The highest BCUT2D eigenvalue weighted by atomic mass is 16.5. The van der Waals surface area contributed by atoms with Crippen molar-refractivity contribution in [1.29, 1.82) is 0 Å². The third kappa shape index (κ3) is 9.55. The minimum atomic E-state index is -0.585. The molecule has 0 aliphatic heterocycles. The average Bonchev–Trinajstić information content (AvgIpc) is 3.18. The summed E-state index contributed by atoms with van der Waals surface area (Å²) in [5.74, 6) is -1.41. The van der Waals surface area contributed by atoms with Crippen LogP contribution in [0.15, 0.2) is 25.3 Å². The van der Waals surface area contributed by atoms with Gasteiger partial charge in [-0.05, 0) is 37.5 Å². The second-order valence-corrected chi connectivity index (χ2v) is 9.91. The maximum absolute atomic E-state index is 13.0. The Labute approximate surface area is 193 Å². The standard InChI is InChI=1S/C25H42N2O5/c1-6-8-9-13-22(30)32-17-20(24(3,4)5)26-23(31)19(12-7-2)16-21(29)27-25(18-28)14-10-11-15-25/h6-7,19-20,28H,1-2,8-18H2,3-5H3,(H,26,31)(H,27,29). The van der Waals surface area contributed by atoms with E-state index in [2.05, 4.69) is 23.8 Å². The van der Waals surface area contributed by atoms with Crippen LogP contribution in [-0.2, 0) is 19.1 Å². The van der Waals surface area contributed by atoms with Crippen molar-refractivity contribution < 1.29 is 24.2 Å². The van der Waals surface area contributed by atoms with E-state index in [1.807, 2.05) is 20.8 Å². The SMILES string of the molecule is C=CCCCC(=O)OCC(NC(=O)C(CC=C)CC(=O)NC1(CO)CCCC1)C(C)(C)C. The van der Waals surface area contributed by atoms with Crippen LogP contribution in [0.1, 0.15) is 78.6 Å². The van der Waals surface area contributed by atoms with Gasteiger partial charge in [0.15, 0.2) is 0 Å². The Morgan fingerprint density at radius 1 is 1.16 bits per heavy atom. The molecule has 7 heteroatoms. The van der Waals surface area contributed by atoms with E-state index in [0.29, 0.717) is 19.3 Å². The van der Waals surface area contributed by atoms with Gasteiger partial charge >= 0.3 is 5.97 Å². The number of unbranched alkanes of at least 4 members (excludes halogenated alkanes) is 1. The van der Waals surface area contributed by atoms with Crippen LogP contribution in [-0.4, -0.2) is 47.7 Å².